The van der Waals surface area contributed by atoms with E-state index < -0.39 is 47.9 Å². The highest BCUT2D eigenvalue weighted by Crippen LogP contribution is 2.09. The molecule has 202 valence electrons. The fourth-order valence-electron chi connectivity index (χ4n) is 3.69. The number of imidazole rings is 1. The number of aromatic nitrogens is 2. The van der Waals surface area contributed by atoms with Crippen LogP contribution in [0, 0.1) is 11.8 Å². The van der Waals surface area contributed by atoms with Crippen LogP contribution in [0.15, 0.2) is 42.9 Å². The second-order valence-corrected chi connectivity index (χ2v) is 9.89. The summed E-state index contributed by atoms with van der Waals surface area (Å²) in [6.45, 7) is 7.43. The molecule has 4 unspecified atom stereocenters. The molecule has 11 nitrogen and oxygen atoms in total. The number of benzene rings is 1. The number of nitrogens with two attached hydrogens (primary N) is 1. The minimum atomic E-state index is -1.20. The minimum Gasteiger partial charge on any atom is -0.480 e. The first-order chi connectivity index (χ1) is 17.5. The van der Waals surface area contributed by atoms with Crippen LogP contribution in [-0.2, 0) is 32.0 Å². The van der Waals surface area contributed by atoms with Gasteiger partial charge >= 0.3 is 5.97 Å². The number of carbonyl (C=O) groups excluding carboxylic acids is 3. The fourth-order valence-corrected chi connectivity index (χ4v) is 3.69. The van der Waals surface area contributed by atoms with E-state index in [1.807, 2.05) is 19.9 Å². The van der Waals surface area contributed by atoms with Gasteiger partial charge in [0.1, 0.15) is 18.1 Å². The molecule has 1 heterocycles. The second kappa shape index (κ2) is 14.1. The number of carboxylic acid groups (broad SMARTS) is 1. The van der Waals surface area contributed by atoms with Gasteiger partial charge in [0.15, 0.2) is 0 Å². The van der Waals surface area contributed by atoms with E-state index in [1.165, 1.54) is 12.5 Å². The quantitative estimate of drug-likeness (QED) is 0.215. The first kappa shape index (κ1) is 29.5. The predicted molar refractivity (Wildman–Crippen MR) is 138 cm³/mol. The summed E-state index contributed by atoms with van der Waals surface area (Å²) in [5, 5.41) is 17.6. The van der Waals surface area contributed by atoms with Crippen molar-refractivity contribution < 1.29 is 24.3 Å². The van der Waals surface area contributed by atoms with Crippen LogP contribution in [0.4, 0.5) is 0 Å². The number of hydrogen-bond donors (Lipinski definition) is 6. The first-order valence-electron chi connectivity index (χ1n) is 12.4. The van der Waals surface area contributed by atoms with E-state index in [2.05, 4.69) is 25.9 Å². The molecule has 4 atom stereocenters. The zero-order valence-electron chi connectivity index (χ0n) is 21.7. The highest BCUT2D eigenvalue weighted by Gasteiger charge is 2.31. The summed E-state index contributed by atoms with van der Waals surface area (Å²) in [5.74, 6) is -2.95. The number of rotatable bonds is 14. The summed E-state index contributed by atoms with van der Waals surface area (Å²) >= 11 is 0. The average molecular weight is 515 g/mol. The van der Waals surface area contributed by atoms with Crippen molar-refractivity contribution in [1.82, 2.24) is 25.9 Å². The summed E-state index contributed by atoms with van der Waals surface area (Å²) in [7, 11) is 0. The van der Waals surface area contributed by atoms with Crippen molar-refractivity contribution in [2.75, 3.05) is 0 Å². The molecule has 0 fully saturated rings. The van der Waals surface area contributed by atoms with Crippen molar-refractivity contribution in [3.63, 3.8) is 0 Å². The van der Waals surface area contributed by atoms with Gasteiger partial charge in [0.2, 0.25) is 17.7 Å². The SMILES string of the molecule is CC(C)CC(NC(=O)C(N)C(C)C)C(=O)NC(Cc1cnc[nH]1)C(=O)NC(Cc1ccccc1)C(=O)O. The molecular weight excluding hydrogens is 476 g/mol. The number of hydrogen-bond acceptors (Lipinski definition) is 6. The average Bonchev–Trinajstić information content (AvgIpc) is 3.35. The predicted octanol–water partition coefficient (Wildman–Crippen LogP) is 0.763. The molecule has 3 amide bonds. The Morgan fingerprint density at radius 2 is 1.49 bits per heavy atom. The molecule has 0 spiro atoms. The van der Waals surface area contributed by atoms with Gasteiger partial charge in [0, 0.05) is 24.7 Å². The van der Waals surface area contributed by atoms with Gasteiger partial charge in [-0.3, -0.25) is 14.4 Å². The molecule has 7 N–H and O–H groups in total. The lowest BCUT2D eigenvalue weighted by molar-refractivity contribution is -0.142. The van der Waals surface area contributed by atoms with E-state index in [0.717, 1.165) is 5.56 Å². The van der Waals surface area contributed by atoms with Crippen LogP contribution in [0.3, 0.4) is 0 Å². The molecular formula is C26H38N6O5. The standard InChI is InChI=1S/C26H38N6O5/c1-15(2)10-19(31-25(35)22(27)16(3)4)23(33)30-20(12-18-13-28-14-29-18)24(34)32-21(26(36)37)11-17-8-6-5-7-9-17/h5-9,13-16,19-22H,10-12,27H2,1-4H3,(H,28,29)(H,30,33)(H,31,35)(H,32,34)(H,36,37). The second-order valence-electron chi connectivity index (χ2n) is 9.89. The zero-order valence-corrected chi connectivity index (χ0v) is 21.7. The van der Waals surface area contributed by atoms with E-state index in [9.17, 15) is 24.3 Å². The Labute approximate surface area is 217 Å². The summed E-state index contributed by atoms with van der Waals surface area (Å²) in [4.78, 5) is 57.8. The van der Waals surface area contributed by atoms with Gasteiger partial charge in [-0.1, -0.05) is 58.0 Å². The molecule has 2 rings (SSSR count). The zero-order chi connectivity index (χ0) is 27.5. The van der Waals surface area contributed by atoms with Crippen LogP contribution < -0.4 is 21.7 Å². The van der Waals surface area contributed by atoms with Crippen molar-refractivity contribution in [3.8, 4) is 0 Å². The van der Waals surface area contributed by atoms with E-state index in [0.29, 0.717) is 12.1 Å². The van der Waals surface area contributed by atoms with Gasteiger partial charge in [0.25, 0.3) is 0 Å². The van der Waals surface area contributed by atoms with Crippen LogP contribution >= 0.6 is 0 Å². The highest BCUT2D eigenvalue weighted by molar-refractivity contribution is 5.94. The lowest BCUT2D eigenvalue weighted by atomic mass is 10.00. The first-order valence-corrected chi connectivity index (χ1v) is 12.4. The van der Waals surface area contributed by atoms with E-state index in [4.69, 9.17) is 5.73 Å². The highest BCUT2D eigenvalue weighted by atomic mass is 16.4. The summed E-state index contributed by atoms with van der Waals surface area (Å²) < 4.78 is 0. The van der Waals surface area contributed by atoms with Gasteiger partial charge in [-0.25, -0.2) is 9.78 Å². The van der Waals surface area contributed by atoms with Gasteiger partial charge in [0.05, 0.1) is 12.4 Å². The molecule has 0 aliphatic rings. The smallest absolute Gasteiger partial charge is 0.326 e. The number of amides is 3. The van der Waals surface area contributed by atoms with Crippen LogP contribution in [0.1, 0.15) is 45.4 Å². The van der Waals surface area contributed by atoms with Crippen LogP contribution in [0.2, 0.25) is 0 Å². The molecule has 0 saturated carbocycles. The molecule has 1 aromatic carbocycles. The normalized spacial score (nSPS) is 14.5. The van der Waals surface area contributed by atoms with Crippen molar-refractivity contribution in [3.05, 3.63) is 54.1 Å². The van der Waals surface area contributed by atoms with Gasteiger partial charge in [-0.05, 0) is 23.8 Å². The van der Waals surface area contributed by atoms with Crippen LogP contribution in [0.25, 0.3) is 0 Å². The maximum Gasteiger partial charge on any atom is 0.326 e. The van der Waals surface area contributed by atoms with Crippen molar-refractivity contribution in [2.24, 2.45) is 17.6 Å². The molecule has 0 radical (unpaired) electrons. The Kier molecular flexibility index (Phi) is 11.3. The molecule has 0 aliphatic carbocycles. The van der Waals surface area contributed by atoms with Gasteiger partial charge in [-0.15, -0.1) is 0 Å². The van der Waals surface area contributed by atoms with Crippen LogP contribution in [-0.4, -0.2) is 62.9 Å². The monoisotopic (exact) mass is 514 g/mol. The Balaban J connectivity index is 2.21. The number of nitrogens with one attached hydrogen (secondary N) is 4. The molecule has 0 saturated heterocycles. The number of carboxylic acids is 1. The molecule has 1 aromatic heterocycles. The van der Waals surface area contributed by atoms with Crippen LogP contribution in [0.5, 0.6) is 0 Å². The summed E-state index contributed by atoms with van der Waals surface area (Å²) in [6.07, 6.45) is 3.40. The van der Waals surface area contributed by atoms with Crippen molar-refractivity contribution in [1.29, 1.82) is 0 Å². The lowest BCUT2D eigenvalue weighted by Crippen LogP contribution is -2.58. The van der Waals surface area contributed by atoms with E-state index >= 15 is 0 Å². The van der Waals surface area contributed by atoms with E-state index in [1.54, 1.807) is 38.1 Å². The fraction of sp³-hybridized carbons (Fsp3) is 0.500. The molecule has 11 heteroatoms. The minimum absolute atomic E-state index is 0.0447. The number of aromatic amines is 1. The lowest BCUT2D eigenvalue weighted by Gasteiger charge is -2.26. The summed E-state index contributed by atoms with van der Waals surface area (Å²) in [5.41, 5.74) is 7.26. The largest absolute Gasteiger partial charge is 0.480 e. The molecule has 2 aromatic rings. The topological polar surface area (TPSA) is 179 Å². The Hall–Kier alpha value is -3.73. The van der Waals surface area contributed by atoms with E-state index in [-0.39, 0.29) is 24.7 Å². The maximum absolute atomic E-state index is 13.3. The Morgan fingerprint density at radius 1 is 0.892 bits per heavy atom. The van der Waals surface area contributed by atoms with Crippen molar-refractivity contribution >= 4 is 23.7 Å². The molecule has 0 bridgehead atoms. The third kappa shape index (κ3) is 9.68. The number of nitrogens with zero attached hydrogens (tertiary/aromatic N) is 1. The molecule has 37 heavy (non-hydrogen) atoms. The molecule has 0 aliphatic heterocycles. The Bertz CT molecular complexity index is 1030. The third-order valence-corrected chi connectivity index (χ3v) is 5.87. The third-order valence-electron chi connectivity index (χ3n) is 5.87. The summed E-state index contributed by atoms with van der Waals surface area (Å²) in [6, 6.07) is 4.89. The number of carbonyl (C=O) groups is 4. The maximum atomic E-state index is 13.3. The number of aliphatic carboxylic acids is 1. The van der Waals surface area contributed by atoms with Crippen molar-refractivity contribution in [2.45, 2.75) is 71.1 Å². The Morgan fingerprint density at radius 3 is 2.03 bits per heavy atom. The van der Waals surface area contributed by atoms with Gasteiger partial charge < -0.3 is 31.8 Å². The van der Waals surface area contributed by atoms with Gasteiger partial charge in [-0.2, -0.15) is 0 Å². The number of H-pyrrole nitrogens is 1.